The molecule has 0 radical (unpaired) electrons. The largest absolute Gasteiger partial charge is 0.381 e. The molecule has 0 saturated carbocycles. The van der Waals surface area contributed by atoms with E-state index in [2.05, 4.69) is 20.6 Å². The number of aryl methyl sites for hydroxylation is 1. The number of carbonyl (C=O) groups excluding carboxylic acids is 1. The lowest BCUT2D eigenvalue weighted by Gasteiger charge is -2.24. The van der Waals surface area contributed by atoms with Crippen molar-refractivity contribution in [3.05, 3.63) is 70.9 Å². The van der Waals surface area contributed by atoms with Crippen molar-refractivity contribution < 1.29 is 13.9 Å². The number of aromatic nitrogens is 2. The third-order valence-electron chi connectivity index (χ3n) is 6.47. The van der Waals surface area contributed by atoms with E-state index in [0.717, 1.165) is 54.1 Å². The zero-order valence-corrected chi connectivity index (χ0v) is 20.5. The molecule has 0 bridgehead atoms. The predicted octanol–water partition coefficient (Wildman–Crippen LogP) is 4.67. The predicted molar refractivity (Wildman–Crippen MR) is 136 cm³/mol. The lowest BCUT2D eigenvalue weighted by molar-refractivity contribution is 0.0903. The number of rotatable bonds is 8. The van der Waals surface area contributed by atoms with Gasteiger partial charge in [0.2, 0.25) is 0 Å². The highest BCUT2D eigenvalue weighted by atomic mass is 19.1. The SMILES string of the molecule is Cc1cnc(NC2CCOCC2)cc1-c1c[nH]c(C(=O)N[C@H](CN)c2cc(F)cc(C(C)C)c2)c1. The summed E-state index contributed by atoms with van der Waals surface area (Å²) in [5.74, 6) is 0.340. The molecule has 1 fully saturated rings. The number of H-pyrrole nitrogens is 1. The van der Waals surface area contributed by atoms with Crippen molar-refractivity contribution >= 4 is 11.7 Å². The normalized spacial score (nSPS) is 15.3. The van der Waals surface area contributed by atoms with Crippen LogP contribution in [0.25, 0.3) is 11.1 Å². The number of halogens is 1. The van der Waals surface area contributed by atoms with E-state index >= 15 is 0 Å². The van der Waals surface area contributed by atoms with Crippen molar-refractivity contribution in [2.24, 2.45) is 5.73 Å². The molecule has 1 aliphatic rings. The van der Waals surface area contributed by atoms with Gasteiger partial charge in [0.15, 0.2) is 0 Å². The first-order valence-electron chi connectivity index (χ1n) is 12.1. The first-order chi connectivity index (χ1) is 16.8. The Bertz CT molecular complexity index is 1170. The zero-order chi connectivity index (χ0) is 24.9. The summed E-state index contributed by atoms with van der Waals surface area (Å²) in [6.45, 7) is 7.66. The van der Waals surface area contributed by atoms with Crippen LogP contribution < -0.4 is 16.4 Å². The summed E-state index contributed by atoms with van der Waals surface area (Å²) in [5, 5.41) is 6.43. The number of benzene rings is 1. The van der Waals surface area contributed by atoms with Gasteiger partial charge in [-0.05, 0) is 72.2 Å². The van der Waals surface area contributed by atoms with Gasteiger partial charge in [0, 0.05) is 43.8 Å². The quantitative estimate of drug-likeness (QED) is 0.376. The molecule has 8 heteroatoms. The number of hydrogen-bond donors (Lipinski definition) is 4. The van der Waals surface area contributed by atoms with Crippen LogP contribution in [0.2, 0.25) is 0 Å². The fraction of sp³-hybridized carbons (Fsp3) is 0.407. The Morgan fingerprint density at radius 1 is 1.20 bits per heavy atom. The maximum absolute atomic E-state index is 14.2. The van der Waals surface area contributed by atoms with Gasteiger partial charge in [-0.3, -0.25) is 4.79 Å². The number of hydrogen-bond acceptors (Lipinski definition) is 5. The fourth-order valence-corrected chi connectivity index (χ4v) is 4.33. The number of nitrogens with one attached hydrogen (secondary N) is 3. The number of nitrogens with two attached hydrogens (primary N) is 1. The molecule has 1 aromatic carbocycles. The van der Waals surface area contributed by atoms with E-state index in [-0.39, 0.29) is 24.2 Å². The fourth-order valence-electron chi connectivity index (χ4n) is 4.33. The second kappa shape index (κ2) is 11.0. The van der Waals surface area contributed by atoms with E-state index < -0.39 is 6.04 Å². The molecular weight excluding hydrogens is 445 g/mol. The molecule has 1 atom stereocenters. The third-order valence-corrected chi connectivity index (χ3v) is 6.47. The molecule has 3 heterocycles. The molecule has 0 aliphatic carbocycles. The molecule has 2 aromatic heterocycles. The summed E-state index contributed by atoms with van der Waals surface area (Å²) in [6, 6.07) is 8.51. The van der Waals surface area contributed by atoms with Crippen molar-refractivity contribution in [3.63, 3.8) is 0 Å². The van der Waals surface area contributed by atoms with E-state index in [0.29, 0.717) is 17.3 Å². The van der Waals surface area contributed by atoms with E-state index in [9.17, 15) is 9.18 Å². The molecule has 0 unspecified atom stereocenters. The van der Waals surface area contributed by atoms with Crippen LogP contribution in [0.5, 0.6) is 0 Å². The average Bonchev–Trinajstić information content (AvgIpc) is 3.34. The topological polar surface area (TPSA) is 105 Å². The smallest absolute Gasteiger partial charge is 0.268 e. The molecule has 35 heavy (non-hydrogen) atoms. The van der Waals surface area contributed by atoms with Gasteiger partial charge in [-0.15, -0.1) is 0 Å². The van der Waals surface area contributed by atoms with Crippen LogP contribution in [-0.2, 0) is 4.74 Å². The van der Waals surface area contributed by atoms with Gasteiger partial charge in [-0.25, -0.2) is 9.37 Å². The first kappa shape index (κ1) is 24.9. The second-order valence-electron chi connectivity index (χ2n) is 9.45. The Balaban J connectivity index is 1.50. The molecule has 186 valence electrons. The lowest BCUT2D eigenvalue weighted by Crippen LogP contribution is -2.33. The van der Waals surface area contributed by atoms with Gasteiger partial charge in [-0.1, -0.05) is 19.9 Å². The number of amides is 1. The molecule has 1 saturated heterocycles. The Labute approximate surface area is 205 Å². The molecule has 7 nitrogen and oxygen atoms in total. The van der Waals surface area contributed by atoms with Crippen molar-refractivity contribution in [1.29, 1.82) is 0 Å². The monoisotopic (exact) mass is 479 g/mol. The Kier molecular flexibility index (Phi) is 7.83. The molecule has 0 spiro atoms. The van der Waals surface area contributed by atoms with Gasteiger partial charge in [0.05, 0.1) is 6.04 Å². The summed E-state index contributed by atoms with van der Waals surface area (Å²) in [6.07, 6.45) is 5.55. The number of pyridine rings is 1. The van der Waals surface area contributed by atoms with E-state index in [1.807, 2.05) is 51.4 Å². The third kappa shape index (κ3) is 6.07. The standard InChI is InChI=1S/C27H34FN5O2/c1-16(2)18-8-19(10-21(28)9-18)25(13-29)33-27(34)24-11-20(15-30-24)23-12-26(31-14-17(23)3)32-22-4-6-35-7-5-22/h8-12,14-16,22,25,30H,4-7,13,29H2,1-3H3,(H,31,32)(H,33,34)/t25-/m1/s1. The zero-order valence-electron chi connectivity index (χ0n) is 20.5. The van der Waals surface area contributed by atoms with Crippen LogP contribution in [-0.4, -0.2) is 41.7 Å². The molecule has 5 N–H and O–H groups in total. The molecular formula is C27H34FN5O2. The summed E-state index contributed by atoms with van der Waals surface area (Å²) in [7, 11) is 0. The summed E-state index contributed by atoms with van der Waals surface area (Å²) >= 11 is 0. The Morgan fingerprint density at radius 3 is 2.66 bits per heavy atom. The Morgan fingerprint density at radius 2 is 1.94 bits per heavy atom. The van der Waals surface area contributed by atoms with E-state index in [1.54, 1.807) is 0 Å². The maximum Gasteiger partial charge on any atom is 0.268 e. The van der Waals surface area contributed by atoms with Crippen molar-refractivity contribution in [3.8, 4) is 11.1 Å². The number of nitrogens with zero attached hydrogens (tertiary/aromatic N) is 1. The number of aromatic amines is 1. The summed E-state index contributed by atoms with van der Waals surface area (Å²) < 4.78 is 19.6. The van der Waals surface area contributed by atoms with Crippen molar-refractivity contribution in [2.75, 3.05) is 25.1 Å². The van der Waals surface area contributed by atoms with Crippen LogP contribution in [0.4, 0.5) is 10.2 Å². The van der Waals surface area contributed by atoms with Gasteiger partial charge in [0.1, 0.15) is 17.3 Å². The highest BCUT2D eigenvalue weighted by Crippen LogP contribution is 2.27. The number of ether oxygens (including phenoxy) is 1. The number of anilines is 1. The van der Waals surface area contributed by atoms with Gasteiger partial charge >= 0.3 is 0 Å². The van der Waals surface area contributed by atoms with E-state index in [1.165, 1.54) is 12.1 Å². The minimum absolute atomic E-state index is 0.158. The van der Waals surface area contributed by atoms with Gasteiger partial charge in [-0.2, -0.15) is 0 Å². The van der Waals surface area contributed by atoms with Crippen LogP contribution in [0.3, 0.4) is 0 Å². The molecule has 4 rings (SSSR count). The maximum atomic E-state index is 14.2. The van der Waals surface area contributed by atoms with Crippen molar-refractivity contribution in [1.82, 2.24) is 15.3 Å². The lowest BCUT2D eigenvalue weighted by atomic mass is 9.97. The minimum atomic E-state index is -0.500. The van der Waals surface area contributed by atoms with Crippen LogP contribution in [0.15, 0.2) is 42.7 Å². The molecule has 1 aliphatic heterocycles. The first-order valence-corrected chi connectivity index (χ1v) is 12.1. The molecule has 3 aromatic rings. The summed E-state index contributed by atoms with van der Waals surface area (Å²) in [5.41, 5.74) is 10.8. The molecule has 1 amide bonds. The van der Waals surface area contributed by atoms with Gasteiger partial charge in [0.25, 0.3) is 5.91 Å². The minimum Gasteiger partial charge on any atom is -0.381 e. The van der Waals surface area contributed by atoms with Crippen LogP contribution >= 0.6 is 0 Å². The van der Waals surface area contributed by atoms with Crippen LogP contribution in [0, 0.1) is 12.7 Å². The van der Waals surface area contributed by atoms with E-state index in [4.69, 9.17) is 10.5 Å². The Hall–Kier alpha value is -3.23. The second-order valence-corrected chi connectivity index (χ2v) is 9.45. The number of carbonyl (C=O) groups is 1. The van der Waals surface area contributed by atoms with Gasteiger partial charge < -0.3 is 26.1 Å². The summed E-state index contributed by atoms with van der Waals surface area (Å²) in [4.78, 5) is 20.6. The average molecular weight is 480 g/mol. The van der Waals surface area contributed by atoms with Crippen molar-refractivity contribution in [2.45, 2.75) is 51.6 Å². The van der Waals surface area contributed by atoms with Crippen LogP contribution in [0.1, 0.15) is 65.8 Å². The highest BCUT2D eigenvalue weighted by molar-refractivity contribution is 5.94. The highest BCUT2D eigenvalue weighted by Gasteiger charge is 2.19.